The quantitative estimate of drug-likeness (QED) is 0.886. The van der Waals surface area contributed by atoms with Crippen LogP contribution in [0, 0.1) is 6.92 Å². The van der Waals surface area contributed by atoms with E-state index in [1.165, 1.54) is 31.2 Å². The van der Waals surface area contributed by atoms with Crippen molar-refractivity contribution >= 4 is 0 Å². The third-order valence-corrected chi connectivity index (χ3v) is 3.60. The fraction of sp³-hybridized carbons (Fsp3) is 0.625. The van der Waals surface area contributed by atoms with E-state index < -0.39 is 6.10 Å². The molecule has 3 heteroatoms. The van der Waals surface area contributed by atoms with Gasteiger partial charge in [-0.25, -0.2) is 0 Å². The molecule has 1 unspecified atom stereocenters. The summed E-state index contributed by atoms with van der Waals surface area (Å²) in [7, 11) is 0. The zero-order valence-electron chi connectivity index (χ0n) is 11.8. The van der Waals surface area contributed by atoms with Gasteiger partial charge in [-0.2, -0.15) is 0 Å². The molecule has 19 heavy (non-hydrogen) atoms. The second-order valence-electron chi connectivity index (χ2n) is 5.50. The fourth-order valence-electron chi connectivity index (χ4n) is 2.57. The van der Waals surface area contributed by atoms with Gasteiger partial charge in [-0.15, -0.1) is 0 Å². The highest BCUT2D eigenvalue weighted by atomic mass is 16.5. The van der Waals surface area contributed by atoms with Crippen LogP contribution in [0.15, 0.2) is 24.3 Å². The summed E-state index contributed by atoms with van der Waals surface area (Å²) in [5, 5.41) is 10.1. The largest absolute Gasteiger partial charge is 0.491 e. The van der Waals surface area contributed by atoms with Crippen LogP contribution in [0.5, 0.6) is 5.75 Å². The van der Waals surface area contributed by atoms with Gasteiger partial charge < -0.3 is 14.7 Å². The Hall–Kier alpha value is -1.06. The van der Waals surface area contributed by atoms with Crippen LogP contribution >= 0.6 is 0 Å². The molecule has 0 radical (unpaired) electrons. The lowest BCUT2D eigenvalue weighted by molar-refractivity contribution is 0.0693. The molecule has 106 valence electrons. The van der Waals surface area contributed by atoms with E-state index >= 15 is 0 Å². The van der Waals surface area contributed by atoms with E-state index in [2.05, 4.69) is 4.90 Å². The molecule has 2 rings (SSSR count). The van der Waals surface area contributed by atoms with Crippen LogP contribution in [0.4, 0.5) is 0 Å². The maximum Gasteiger partial charge on any atom is 0.119 e. The molecular weight excluding hydrogens is 238 g/mol. The van der Waals surface area contributed by atoms with Gasteiger partial charge in [0, 0.05) is 6.54 Å². The highest BCUT2D eigenvalue weighted by molar-refractivity contribution is 5.27. The summed E-state index contributed by atoms with van der Waals surface area (Å²) >= 11 is 0. The second-order valence-corrected chi connectivity index (χ2v) is 5.50. The molecule has 0 aromatic heterocycles. The van der Waals surface area contributed by atoms with E-state index in [1.807, 2.05) is 31.2 Å². The summed E-state index contributed by atoms with van der Waals surface area (Å²) in [5.74, 6) is 0.843. The Kier molecular flexibility index (Phi) is 5.67. The molecule has 1 fully saturated rings. The second kappa shape index (κ2) is 7.51. The third kappa shape index (κ3) is 5.21. The summed E-state index contributed by atoms with van der Waals surface area (Å²) in [6, 6.07) is 7.96. The van der Waals surface area contributed by atoms with Crippen LogP contribution in [-0.2, 0) is 0 Å². The van der Waals surface area contributed by atoms with Gasteiger partial charge in [0.15, 0.2) is 0 Å². The average molecular weight is 263 g/mol. The molecule has 0 aliphatic carbocycles. The number of β-amino-alcohol motifs (C(OH)–C–C–N with tert-alkyl or cyclic N) is 1. The molecule has 1 atom stereocenters. The lowest BCUT2D eigenvalue weighted by Gasteiger charge is -2.23. The summed E-state index contributed by atoms with van der Waals surface area (Å²) in [6.07, 6.45) is 4.76. The molecule has 0 spiro atoms. The molecule has 1 heterocycles. The minimum absolute atomic E-state index is 0.375. The van der Waals surface area contributed by atoms with Gasteiger partial charge in [0.05, 0.1) is 0 Å². The van der Waals surface area contributed by atoms with E-state index in [1.54, 1.807) is 0 Å². The summed E-state index contributed by atoms with van der Waals surface area (Å²) in [5.41, 5.74) is 1.18. The zero-order valence-corrected chi connectivity index (χ0v) is 11.8. The first-order valence-electron chi connectivity index (χ1n) is 7.34. The summed E-state index contributed by atoms with van der Waals surface area (Å²) < 4.78 is 5.64. The first kappa shape index (κ1) is 14.4. The number of benzene rings is 1. The van der Waals surface area contributed by atoms with Crippen LogP contribution in [0.2, 0.25) is 0 Å². The number of aliphatic hydroxyl groups excluding tert-OH is 1. The maximum absolute atomic E-state index is 10.1. The Bertz CT molecular complexity index is 373. The van der Waals surface area contributed by atoms with Crippen molar-refractivity contribution in [2.75, 3.05) is 26.2 Å². The van der Waals surface area contributed by atoms with Crippen molar-refractivity contribution in [3.05, 3.63) is 29.8 Å². The smallest absolute Gasteiger partial charge is 0.119 e. The molecule has 1 aliphatic heterocycles. The van der Waals surface area contributed by atoms with Crippen LogP contribution in [0.1, 0.15) is 31.2 Å². The normalized spacial score (nSPS) is 18.8. The van der Waals surface area contributed by atoms with Crippen molar-refractivity contribution in [1.82, 2.24) is 4.90 Å². The van der Waals surface area contributed by atoms with Crippen LogP contribution in [0.25, 0.3) is 0 Å². The third-order valence-electron chi connectivity index (χ3n) is 3.60. The van der Waals surface area contributed by atoms with Crippen molar-refractivity contribution in [2.24, 2.45) is 0 Å². The lowest BCUT2D eigenvalue weighted by atomic mass is 10.2. The first-order chi connectivity index (χ1) is 9.24. The molecule has 1 aliphatic rings. The van der Waals surface area contributed by atoms with E-state index in [4.69, 9.17) is 4.74 Å². The predicted molar refractivity (Wildman–Crippen MR) is 77.6 cm³/mol. The van der Waals surface area contributed by atoms with Crippen LogP contribution in [-0.4, -0.2) is 42.4 Å². The average Bonchev–Trinajstić information content (AvgIpc) is 2.65. The number of likely N-dealkylation sites (tertiary alicyclic amines) is 1. The molecule has 1 aromatic rings. The number of hydrogen-bond donors (Lipinski definition) is 1. The molecule has 1 saturated heterocycles. The Morgan fingerprint density at radius 2 is 1.95 bits per heavy atom. The molecule has 0 saturated carbocycles. The van der Waals surface area contributed by atoms with E-state index in [9.17, 15) is 5.11 Å². The van der Waals surface area contributed by atoms with Crippen molar-refractivity contribution in [1.29, 1.82) is 0 Å². The number of rotatable bonds is 5. The number of aryl methyl sites for hydroxylation is 1. The molecule has 1 aromatic carbocycles. The van der Waals surface area contributed by atoms with Gasteiger partial charge in [-0.05, 0) is 50.6 Å². The van der Waals surface area contributed by atoms with Crippen molar-refractivity contribution in [3.8, 4) is 5.75 Å². The van der Waals surface area contributed by atoms with Gasteiger partial charge in [-0.3, -0.25) is 0 Å². The number of ether oxygens (including phenoxy) is 1. The van der Waals surface area contributed by atoms with Crippen molar-refractivity contribution in [2.45, 2.75) is 38.7 Å². The Labute approximate surface area is 116 Å². The molecular formula is C16H25NO2. The van der Waals surface area contributed by atoms with E-state index in [-0.39, 0.29) is 0 Å². The Balaban J connectivity index is 1.73. The molecule has 1 N–H and O–H groups in total. The standard InChI is InChI=1S/C16H25NO2/c1-14-7-6-8-16(11-14)19-13-15(18)12-17-9-4-2-3-5-10-17/h6-8,11,15,18H,2-5,9-10,12-13H2,1H3. The zero-order chi connectivity index (χ0) is 13.5. The highest BCUT2D eigenvalue weighted by Gasteiger charge is 2.14. The van der Waals surface area contributed by atoms with Gasteiger partial charge in [0.1, 0.15) is 18.5 Å². The summed E-state index contributed by atoms with van der Waals surface area (Å²) in [6.45, 7) is 5.37. The topological polar surface area (TPSA) is 32.7 Å². The minimum Gasteiger partial charge on any atom is -0.491 e. The van der Waals surface area contributed by atoms with Crippen molar-refractivity contribution < 1.29 is 9.84 Å². The first-order valence-corrected chi connectivity index (χ1v) is 7.34. The Morgan fingerprint density at radius 1 is 1.21 bits per heavy atom. The van der Waals surface area contributed by atoms with E-state index in [0.717, 1.165) is 25.4 Å². The number of aliphatic hydroxyl groups is 1. The van der Waals surface area contributed by atoms with Crippen LogP contribution < -0.4 is 4.74 Å². The van der Waals surface area contributed by atoms with Gasteiger partial charge in [-0.1, -0.05) is 25.0 Å². The molecule has 3 nitrogen and oxygen atoms in total. The molecule has 0 amide bonds. The van der Waals surface area contributed by atoms with Crippen LogP contribution in [0.3, 0.4) is 0 Å². The van der Waals surface area contributed by atoms with Crippen molar-refractivity contribution in [3.63, 3.8) is 0 Å². The van der Waals surface area contributed by atoms with Gasteiger partial charge >= 0.3 is 0 Å². The monoisotopic (exact) mass is 263 g/mol. The lowest BCUT2D eigenvalue weighted by Crippen LogP contribution is -2.36. The SMILES string of the molecule is Cc1cccc(OCC(O)CN2CCCCCC2)c1. The molecule has 0 bridgehead atoms. The van der Waals surface area contributed by atoms with E-state index in [0.29, 0.717) is 6.61 Å². The minimum atomic E-state index is -0.404. The van der Waals surface area contributed by atoms with Gasteiger partial charge in [0.25, 0.3) is 0 Å². The highest BCUT2D eigenvalue weighted by Crippen LogP contribution is 2.13. The number of hydrogen-bond acceptors (Lipinski definition) is 3. The fourth-order valence-corrected chi connectivity index (χ4v) is 2.57. The van der Waals surface area contributed by atoms with Gasteiger partial charge in [0.2, 0.25) is 0 Å². The number of nitrogens with zero attached hydrogens (tertiary/aromatic N) is 1. The summed E-state index contributed by atoms with van der Waals surface area (Å²) in [4.78, 5) is 2.36. The maximum atomic E-state index is 10.1. The Morgan fingerprint density at radius 3 is 2.63 bits per heavy atom. The predicted octanol–water partition coefficient (Wildman–Crippen LogP) is 2.61.